The molecule has 0 amide bonds. The second-order valence-electron chi connectivity index (χ2n) is 7.68. The van der Waals surface area contributed by atoms with Crippen molar-refractivity contribution in [2.45, 2.75) is 51.0 Å². The summed E-state index contributed by atoms with van der Waals surface area (Å²) in [6, 6.07) is 8.37. The van der Waals surface area contributed by atoms with Gasteiger partial charge in [-0.2, -0.15) is 0 Å². The van der Waals surface area contributed by atoms with Crippen molar-refractivity contribution in [3.05, 3.63) is 29.8 Å². The molecule has 0 unspecified atom stereocenters. The minimum absolute atomic E-state index is 0.139. The average Bonchev–Trinajstić information content (AvgIpc) is 3.20. The summed E-state index contributed by atoms with van der Waals surface area (Å²) in [5.41, 5.74) is 1.01. The Kier molecular flexibility index (Phi) is 6.95. The molecule has 1 aromatic rings. The van der Waals surface area contributed by atoms with Crippen LogP contribution < -0.4 is 9.46 Å². The lowest BCUT2D eigenvalue weighted by atomic mass is 9.96. The quantitative estimate of drug-likeness (QED) is 0.753. The van der Waals surface area contributed by atoms with Gasteiger partial charge in [0.15, 0.2) is 0 Å². The van der Waals surface area contributed by atoms with E-state index in [4.69, 9.17) is 4.74 Å². The van der Waals surface area contributed by atoms with Gasteiger partial charge in [0.25, 0.3) is 0 Å². The predicted molar refractivity (Wildman–Crippen MR) is 105 cm³/mol. The Bertz CT molecular complexity index is 646. The van der Waals surface area contributed by atoms with Gasteiger partial charge in [-0.1, -0.05) is 25.0 Å². The van der Waals surface area contributed by atoms with Gasteiger partial charge in [0.1, 0.15) is 5.75 Å². The van der Waals surface area contributed by atoms with Crippen molar-refractivity contribution in [1.82, 2.24) is 9.62 Å². The Morgan fingerprint density at radius 3 is 2.35 bits per heavy atom. The molecule has 1 saturated carbocycles. The van der Waals surface area contributed by atoms with E-state index in [0.29, 0.717) is 18.9 Å². The first kappa shape index (κ1) is 19.6. The third-order valence-electron chi connectivity index (χ3n) is 5.90. The third kappa shape index (κ3) is 5.69. The first-order chi connectivity index (χ1) is 12.6. The van der Waals surface area contributed by atoms with E-state index in [1.54, 1.807) is 7.11 Å². The second kappa shape index (κ2) is 9.20. The van der Waals surface area contributed by atoms with E-state index in [0.717, 1.165) is 43.3 Å². The summed E-state index contributed by atoms with van der Waals surface area (Å²) >= 11 is 0. The number of hydrogen-bond donors (Lipinski definition) is 1. The maximum atomic E-state index is 12.3. The Balaban J connectivity index is 1.37. The van der Waals surface area contributed by atoms with Gasteiger partial charge in [-0.15, -0.1) is 0 Å². The smallest absolute Gasteiger partial charge is 0.211 e. The Morgan fingerprint density at radius 2 is 1.73 bits per heavy atom. The van der Waals surface area contributed by atoms with E-state index in [1.165, 1.54) is 25.7 Å². The van der Waals surface area contributed by atoms with E-state index >= 15 is 0 Å². The van der Waals surface area contributed by atoms with Crippen LogP contribution in [0.2, 0.25) is 0 Å². The summed E-state index contributed by atoms with van der Waals surface area (Å²) in [5, 5.41) is 0. The highest BCUT2D eigenvalue weighted by molar-refractivity contribution is 7.89. The third-order valence-corrected chi connectivity index (χ3v) is 7.25. The standard InChI is InChI=1S/C20H32N2O3S/c1-25-20-8-6-17(7-9-20)12-15-26(23,24)21-16-18-10-13-22(14-11-18)19-4-2-3-5-19/h6-9,18-19,21H,2-5,10-16H2,1H3. The van der Waals surface area contributed by atoms with Gasteiger partial charge in [0.05, 0.1) is 12.9 Å². The van der Waals surface area contributed by atoms with Crippen LogP contribution in [0.15, 0.2) is 24.3 Å². The summed E-state index contributed by atoms with van der Waals surface area (Å²) < 4.78 is 32.6. The number of benzene rings is 1. The number of likely N-dealkylation sites (tertiary alicyclic amines) is 1. The molecule has 3 rings (SSSR count). The minimum Gasteiger partial charge on any atom is -0.497 e. The number of sulfonamides is 1. The maximum absolute atomic E-state index is 12.3. The van der Waals surface area contributed by atoms with Crippen molar-refractivity contribution < 1.29 is 13.2 Å². The highest BCUT2D eigenvalue weighted by Gasteiger charge is 2.27. The number of methoxy groups -OCH3 is 1. The lowest BCUT2D eigenvalue weighted by molar-refractivity contribution is 0.135. The van der Waals surface area contributed by atoms with E-state index in [9.17, 15) is 8.42 Å². The fraction of sp³-hybridized carbons (Fsp3) is 0.700. The van der Waals surface area contributed by atoms with Gasteiger partial charge in [-0.05, 0) is 68.8 Å². The number of aryl methyl sites for hydroxylation is 1. The highest BCUT2D eigenvalue weighted by Crippen LogP contribution is 2.27. The molecular weight excluding hydrogens is 348 g/mol. The fourth-order valence-corrected chi connectivity index (χ4v) is 5.29. The van der Waals surface area contributed by atoms with Crippen LogP contribution in [0.5, 0.6) is 5.75 Å². The van der Waals surface area contributed by atoms with E-state index in [1.807, 2.05) is 24.3 Å². The SMILES string of the molecule is COc1ccc(CCS(=O)(=O)NCC2CCN(C3CCCC3)CC2)cc1. The summed E-state index contributed by atoms with van der Waals surface area (Å²) in [7, 11) is -1.59. The van der Waals surface area contributed by atoms with Crippen LogP contribution in [0, 0.1) is 5.92 Å². The van der Waals surface area contributed by atoms with E-state index in [-0.39, 0.29) is 5.75 Å². The Labute approximate surface area is 158 Å². The highest BCUT2D eigenvalue weighted by atomic mass is 32.2. The normalized spacial score (nSPS) is 20.5. The summed E-state index contributed by atoms with van der Waals surface area (Å²) in [4.78, 5) is 2.63. The molecule has 0 spiro atoms. The molecule has 2 fully saturated rings. The number of piperidine rings is 1. The molecule has 5 nitrogen and oxygen atoms in total. The molecule has 1 saturated heterocycles. The summed E-state index contributed by atoms with van der Waals surface area (Å²) in [6.07, 6.45) is 8.19. The molecule has 26 heavy (non-hydrogen) atoms. The van der Waals surface area contributed by atoms with Crippen molar-refractivity contribution in [2.75, 3.05) is 32.5 Å². The van der Waals surface area contributed by atoms with Gasteiger partial charge in [-0.25, -0.2) is 13.1 Å². The summed E-state index contributed by atoms with van der Waals surface area (Å²) in [5.74, 6) is 1.40. The fourth-order valence-electron chi connectivity index (χ4n) is 4.15. The van der Waals surface area contributed by atoms with Crippen LogP contribution in [0.3, 0.4) is 0 Å². The topological polar surface area (TPSA) is 58.6 Å². The molecule has 2 aliphatic rings. The van der Waals surface area contributed by atoms with Crippen LogP contribution in [-0.2, 0) is 16.4 Å². The molecule has 1 aliphatic carbocycles. The number of rotatable bonds is 8. The molecule has 1 aliphatic heterocycles. The van der Waals surface area contributed by atoms with Gasteiger partial charge >= 0.3 is 0 Å². The second-order valence-corrected chi connectivity index (χ2v) is 9.61. The number of nitrogens with one attached hydrogen (secondary N) is 1. The van der Waals surface area contributed by atoms with E-state index in [2.05, 4.69) is 9.62 Å². The first-order valence-electron chi connectivity index (χ1n) is 9.90. The molecule has 146 valence electrons. The monoisotopic (exact) mass is 380 g/mol. The van der Waals surface area contributed by atoms with Gasteiger partial charge in [0, 0.05) is 12.6 Å². The zero-order valence-electron chi connectivity index (χ0n) is 15.8. The van der Waals surface area contributed by atoms with Crippen LogP contribution in [0.1, 0.15) is 44.1 Å². The predicted octanol–water partition coefficient (Wildman–Crippen LogP) is 2.81. The molecule has 0 bridgehead atoms. The molecule has 0 radical (unpaired) electrons. The van der Waals surface area contributed by atoms with Crippen LogP contribution in [0.4, 0.5) is 0 Å². The largest absolute Gasteiger partial charge is 0.497 e. The molecule has 1 N–H and O–H groups in total. The van der Waals surface area contributed by atoms with Crippen molar-refractivity contribution in [1.29, 1.82) is 0 Å². The van der Waals surface area contributed by atoms with Crippen molar-refractivity contribution in [3.63, 3.8) is 0 Å². The zero-order valence-corrected chi connectivity index (χ0v) is 16.6. The molecule has 1 heterocycles. The van der Waals surface area contributed by atoms with Crippen molar-refractivity contribution in [2.24, 2.45) is 5.92 Å². The van der Waals surface area contributed by atoms with Crippen molar-refractivity contribution >= 4 is 10.0 Å². The lowest BCUT2D eigenvalue weighted by Gasteiger charge is -2.36. The first-order valence-corrected chi connectivity index (χ1v) is 11.6. The van der Waals surface area contributed by atoms with Crippen LogP contribution in [0.25, 0.3) is 0 Å². The van der Waals surface area contributed by atoms with Crippen LogP contribution >= 0.6 is 0 Å². The molecule has 6 heteroatoms. The van der Waals surface area contributed by atoms with Gasteiger partial charge < -0.3 is 9.64 Å². The number of ether oxygens (including phenoxy) is 1. The Hall–Kier alpha value is -1.11. The molecule has 1 aromatic carbocycles. The minimum atomic E-state index is -3.22. The van der Waals surface area contributed by atoms with Crippen LogP contribution in [-0.4, -0.2) is 51.9 Å². The van der Waals surface area contributed by atoms with Gasteiger partial charge in [0.2, 0.25) is 10.0 Å². The van der Waals surface area contributed by atoms with E-state index < -0.39 is 10.0 Å². The Morgan fingerprint density at radius 1 is 1.08 bits per heavy atom. The number of nitrogens with zero attached hydrogens (tertiary/aromatic N) is 1. The molecular formula is C20H32N2O3S. The average molecular weight is 381 g/mol. The maximum Gasteiger partial charge on any atom is 0.211 e. The van der Waals surface area contributed by atoms with Crippen molar-refractivity contribution in [3.8, 4) is 5.75 Å². The summed E-state index contributed by atoms with van der Waals surface area (Å²) in [6.45, 7) is 2.84. The molecule has 0 aromatic heterocycles. The molecule has 0 atom stereocenters. The lowest BCUT2D eigenvalue weighted by Crippen LogP contribution is -2.43. The zero-order chi connectivity index (χ0) is 18.4. The van der Waals surface area contributed by atoms with Gasteiger partial charge in [-0.3, -0.25) is 0 Å². The number of hydrogen-bond acceptors (Lipinski definition) is 4.